The van der Waals surface area contributed by atoms with Crippen LogP contribution in [-0.4, -0.2) is 13.7 Å². The molecule has 0 aliphatic carbocycles. The SMILES string of the molecule is CCNC(c1ccc(OC)c(C)c1)c1scc(C)c1Cl. The highest BCUT2D eigenvalue weighted by Gasteiger charge is 2.19. The molecule has 1 atom stereocenters. The molecular weight excluding hydrogens is 290 g/mol. The number of ether oxygens (including phenoxy) is 1. The predicted octanol–water partition coefficient (Wildman–Crippen LogP) is 4.73. The molecule has 2 aromatic rings. The molecule has 0 saturated carbocycles. The van der Waals surface area contributed by atoms with Crippen LogP contribution >= 0.6 is 22.9 Å². The molecule has 4 heteroatoms. The fourth-order valence-corrected chi connectivity index (χ4v) is 3.70. The maximum absolute atomic E-state index is 6.43. The summed E-state index contributed by atoms with van der Waals surface area (Å²) < 4.78 is 5.33. The molecule has 2 nitrogen and oxygen atoms in total. The minimum Gasteiger partial charge on any atom is -0.496 e. The van der Waals surface area contributed by atoms with Crippen molar-refractivity contribution in [3.05, 3.63) is 50.2 Å². The first-order valence-corrected chi connectivity index (χ1v) is 7.95. The molecule has 108 valence electrons. The first-order chi connectivity index (χ1) is 9.58. The van der Waals surface area contributed by atoms with Gasteiger partial charge in [-0.1, -0.05) is 30.7 Å². The minimum absolute atomic E-state index is 0.135. The summed E-state index contributed by atoms with van der Waals surface area (Å²) in [6, 6.07) is 6.42. The molecule has 0 radical (unpaired) electrons. The quantitative estimate of drug-likeness (QED) is 0.862. The zero-order valence-electron chi connectivity index (χ0n) is 12.3. The molecule has 1 N–H and O–H groups in total. The number of nitrogens with one attached hydrogen (secondary N) is 1. The number of aryl methyl sites for hydroxylation is 2. The zero-order valence-corrected chi connectivity index (χ0v) is 13.9. The summed E-state index contributed by atoms with van der Waals surface area (Å²) in [6.45, 7) is 7.11. The van der Waals surface area contributed by atoms with Crippen molar-refractivity contribution in [3.8, 4) is 5.75 Å². The fraction of sp³-hybridized carbons (Fsp3) is 0.375. The minimum atomic E-state index is 0.135. The van der Waals surface area contributed by atoms with Crippen molar-refractivity contribution in [1.29, 1.82) is 0 Å². The summed E-state index contributed by atoms with van der Waals surface area (Å²) in [4.78, 5) is 1.18. The van der Waals surface area contributed by atoms with Crippen LogP contribution in [0.4, 0.5) is 0 Å². The third-order valence-corrected chi connectivity index (χ3v) is 5.13. The van der Waals surface area contributed by atoms with Crippen LogP contribution < -0.4 is 10.1 Å². The van der Waals surface area contributed by atoms with E-state index in [1.165, 1.54) is 10.4 Å². The second-order valence-electron chi connectivity index (χ2n) is 4.82. The molecule has 1 unspecified atom stereocenters. The van der Waals surface area contributed by atoms with E-state index >= 15 is 0 Å². The van der Waals surface area contributed by atoms with E-state index in [0.29, 0.717) is 0 Å². The Bertz CT molecular complexity index is 594. The average Bonchev–Trinajstić information content (AvgIpc) is 2.76. The lowest BCUT2D eigenvalue weighted by molar-refractivity contribution is 0.411. The Morgan fingerprint density at radius 1 is 1.30 bits per heavy atom. The van der Waals surface area contributed by atoms with Gasteiger partial charge in [0.2, 0.25) is 0 Å². The first kappa shape index (κ1) is 15.4. The van der Waals surface area contributed by atoms with Crippen LogP contribution in [0.15, 0.2) is 23.6 Å². The molecule has 0 spiro atoms. The van der Waals surface area contributed by atoms with Crippen LogP contribution in [0.3, 0.4) is 0 Å². The number of hydrogen-bond donors (Lipinski definition) is 1. The van der Waals surface area contributed by atoms with Crippen molar-refractivity contribution in [3.63, 3.8) is 0 Å². The van der Waals surface area contributed by atoms with Crippen LogP contribution in [0.2, 0.25) is 5.02 Å². The Morgan fingerprint density at radius 3 is 2.55 bits per heavy atom. The van der Waals surface area contributed by atoms with E-state index in [1.54, 1.807) is 18.4 Å². The molecule has 0 aliphatic heterocycles. The van der Waals surface area contributed by atoms with Gasteiger partial charge in [0.25, 0.3) is 0 Å². The van der Waals surface area contributed by atoms with Gasteiger partial charge in [0.1, 0.15) is 5.75 Å². The van der Waals surface area contributed by atoms with Crippen molar-refractivity contribution >= 4 is 22.9 Å². The van der Waals surface area contributed by atoms with Crippen LogP contribution in [0.25, 0.3) is 0 Å². The van der Waals surface area contributed by atoms with E-state index in [9.17, 15) is 0 Å². The highest BCUT2D eigenvalue weighted by molar-refractivity contribution is 7.10. The molecule has 2 rings (SSSR count). The molecule has 1 aromatic heterocycles. The second-order valence-corrected chi connectivity index (χ2v) is 6.11. The molecule has 0 amide bonds. The van der Waals surface area contributed by atoms with Gasteiger partial charge in [-0.3, -0.25) is 0 Å². The molecule has 0 saturated heterocycles. The van der Waals surface area contributed by atoms with Crippen molar-refractivity contribution in [2.45, 2.75) is 26.8 Å². The van der Waals surface area contributed by atoms with Crippen molar-refractivity contribution in [2.24, 2.45) is 0 Å². The van der Waals surface area contributed by atoms with Crippen molar-refractivity contribution < 1.29 is 4.74 Å². The molecule has 1 aromatic carbocycles. The Morgan fingerprint density at radius 2 is 2.05 bits per heavy atom. The Hall–Kier alpha value is -1.03. The number of methoxy groups -OCH3 is 1. The van der Waals surface area contributed by atoms with Gasteiger partial charge < -0.3 is 10.1 Å². The standard InChI is InChI=1S/C16H20ClNOS/c1-5-18-15(16-14(17)11(3)9-20-16)12-6-7-13(19-4)10(2)8-12/h6-9,15,18H,5H2,1-4H3. The summed E-state index contributed by atoms with van der Waals surface area (Å²) in [6.07, 6.45) is 0. The fourth-order valence-electron chi connectivity index (χ4n) is 2.29. The van der Waals surface area contributed by atoms with Crippen LogP contribution in [0.1, 0.15) is 34.5 Å². The van der Waals surface area contributed by atoms with Crippen LogP contribution in [0.5, 0.6) is 5.75 Å². The van der Waals surface area contributed by atoms with E-state index in [4.69, 9.17) is 16.3 Å². The number of benzene rings is 1. The van der Waals surface area contributed by atoms with E-state index in [0.717, 1.165) is 28.4 Å². The highest BCUT2D eigenvalue weighted by atomic mass is 35.5. The lowest BCUT2D eigenvalue weighted by atomic mass is 10.0. The monoisotopic (exact) mass is 309 g/mol. The van der Waals surface area contributed by atoms with Crippen molar-refractivity contribution in [2.75, 3.05) is 13.7 Å². The average molecular weight is 310 g/mol. The molecule has 1 heterocycles. The zero-order chi connectivity index (χ0) is 14.7. The number of hydrogen-bond acceptors (Lipinski definition) is 3. The van der Waals surface area contributed by atoms with Gasteiger partial charge in [0.15, 0.2) is 0 Å². The molecule has 0 bridgehead atoms. The number of rotatable bonds is 5. The van der Waals surface area contributed by atoms with Gasteiger partial charge in [-0.25, -0.2) is 0 Å². The van der Waals surface area contributed by atoms with Gasteiger partial charge in [-0.05, 0) is 48.5 Å². The second kappa shape index (κ2) is 6.61. The molecule has 20 heavy (non-hydrogen) atoms. The summed E-state index contributed by atoms with van der Waals surface area (Å²) in [5.74, 6) is 0.914. The Kier molecular flexibility index (Phi) is 5.08. The smallest absolute Gasteiger partial charge is 0.121 e. The topological polar surface area (TPSA) is 21.3 Å². The number of thiophene rings is 1. The first-order valence-electron chi connectivity index (χ1n) is 6.69. The third kappa shape index (κ3) is 3.00. The van der Waals surface area contributed by atoms with E-state index < -0.39 is 0 Å². The van der Waals surface area contributed by atoms with Crippen LogP contribution in [-0.2, 0) is 0 Å². The lowest BCUT2D eigenvalue weighted by Crippen LogP contribution is -2.21. The van der Waals surface area contributed by atoms with E-state index in [2.05, 4.69) is 36.7 Å². The van der Waals surface area contributed by atoms with Crippen molar-refractivity contribution in [1.82, 2.24) is 5.32 Å². The molecule has 0 fully saturated rings. The van der Waals surface area contributed by atoms with E-state index in [1.807, 2.05) is 13.0 Å². The maximum Gasteiger partial charge on any atom is 0.121 e. The predicted molar refractivity (Wildman–Crippen MR) is 87.3 cm³/mol. The van der Waals surface area contributed by atoms with Gasteiger partial charge in [0.05, 0.1) is 18.2 Å². The third-order valence-electron chi connectivity index (χ3n) is 3.35. The number of halogens is 1. The van der Waals surface area contributed by atoms with E-state index in [-0.39, 0.29) is 6.04 Å². The summed E-state index contributed by atoms with van der Waals surface area (Å²) in [5.41, 5.74) is 3.49. The lowest BCUT2D eigenvalue weighted by Gasteiger charge is -2.19. The maximum atomic E-state index is 6.43. The highest BCUT2D eigenvalue weighted by Crippen LogP contribution is 2.36. The van der Waals surface area contributed by atoms with Gasteiger partial charge in [-0.2, -0.15) is 0 Å². The molecular formula is C16H20ClNOS. The summed E-state index contributed by atoms with van der Waals surface area (Å²) >= 11 is 8.14. The Labute approximate surface area is 129 Å². The van der Waals surface area contributed by atoms with Gasteiger partial charge >= 0.3 is 0 Å². The largest absolute Gasteiger partial charge is 0.496 e. The van der Waals surface area contributed by atoms with Gasteiger partial charge in [0, 0.05) is 4.88 Å². The Balaban J connectivity index is 2.43. The molecule has 0 aliphatic rings. The normalized spacial score (nSPS) is 12.4. The van der Waals surface area contributed by atoms with Crippen LogP contribution in [0, 0.1) is 13.8 Å². The van der Waals surface area contributed by atoms with Gasteiger partial charge in [-0.15, -0.1) is 11.3 Å². The summed E-state index contributed by atoms with van der Waals surface area (Å²) in [7, 11) is 1.70. The summed E-state index contributed by atoms with van der Waals surface area (Å²) in [5, 5.41) is 6.50.